The van der Waals surface area contributed by atoms with Crippen molar-refractivity contribution in [3.05, 3.63) is 81.7 Å². The second kappa shape index (κ2) is 7.60. The molecule has 0 fully saturated rings. The quantitative estimate of drug-likeness (QED) is 0.717. The number of nitrogens with zero attached hydrogens (tertiary/aromatic N) is 1. The topological polar surface area (TPSA) is 55.0 Å². The lowest BCUT2D eigenvalue weighted by Gasteiger charge is -2.26. The first-order valence-electron chi connectivity index (χ1n) is 9.90. The molecule has 0 radical (unpaired) electrons. The van der Waals surface area contributed by atoms with Crippen LogP contribution in [-0.4, -0.2) is 37.0 Å². The van der Waals surface area contributed by atoms with Gasteiger partial charge in [-0.2, -0.15) is 0 Å². The van der Waals surface area contributed by atoms with Gasteiger partial charge in [-0.3, -0.25) is 9.59 Å². The smallest absolute Gasteiger partial charge is 0.291 e. The third-order valence-corrected chi connectivity index (χ3v) is 5.69. The van der Waals surface area contributed by atoms with E-state index in [1.54, 1.807) is 17.0 Å². The van der Waals surface area contributed by atoms with Crippen molar-refractivity contribution < 1.29 is 14.1 Å². The van der Waals surface area contributed by atoms with Gasteiger partial charge in [0.2, 0.25) is 5.76 Å². The SMILES string of the molecule is CC[NH+](CC)CCN1C(=O)c2oc3ccccc3c(=O)c2[C@@H]1c1ccccc1. The number of para-hydroxylation sites is 1. The van der Waals surface area contributed by atoms with Gasteiger partial charge in [0.1, 0.15) is 5.58 Å². The highest BCUT2D eigenvalue weighted by Gasteiger charge is 2.42. The molecule has 0 saturated carbocycles. The number of hydrogen-bond donors (Lipinski definition) is 1. The van der Waals surface area contributed by atoms with E-state index < -0.39 is 6.04 Å². The molecule has 1 aliphatic rings. The molecule has 1 atom stereocenters. The second-order valence-electron chi connectivity index (χ2n) is 7.19. The Kier molecular flexibility index (Phi) is 5.01. The fourth-order valence-electron chi connectivity index (χ4n) is 4.06. The van der Waals surface area contributed by atoms with Gasteiger partial charge >= 0.3 is 0 Å². The number of carbonyl (C=O) groups is 1. The van der Waals surface area contributed by atoms with Gasteiger partial charge in [0, 0.05) is 0 Å². The average molecular weight is 377 g/mol. The van der Waals surface area contributed by atoms with Crippen molar-refractivity contribution in [2.24, 2.45) is 0 Å². The number of nitrogens with one attached hydrogen (secondary N) is 1. The number of amides is 1. The molecule has 0 bridgehead atoms. The van der Waals surface area contributed by atoms with Crippen LogP contribution in [-0.2, 0) is 0 Å². The van der Waals surface area contributed by atoms with Gasteiger partial charge in [0.15, 0.2) is 5.43 Å². The highest BCUT2D eigenvalue weighted by molar-refractivity contribution is 5.99. The van der Waals surface area contributed by atoms with Gasteiger partial charge in [-0.1, -0.05) is 42.5 Å². The number of benzene rings is 2. The molecular formula is C23H25N2O3+. The van der Waals surface area contributed by atoms with Crippen LogP contribution in [0.1, 0.15) is 41.6 Å². The molecule has 0 aliphatic carbocycles. The maximum Gasteiger partial charge on any atom is 0.291 e. The lowest BCUT2D eigenvalue weighted by Crippen LogP contribution is -3.12. The first kappa shape index (κ1) is 18.4. The Labute approximate surface area is 164 Å². The van der Waals surface area contributed by atoms with Crippen LogP contribution in [0.3, 0.4) is 0 Å². The Bertz CT molecular complexity index is 1050. The lowest BCUT2D eigenvalue weighted by molar-refractivity contribution is -0.895. The van der Waals surface area contributed by atoms with E-state index in [1.807, 2.05) is 42.5 Å². The fraction of sp³-hybridized carbons (Fsp3) is 0.304. The van der Waals surface area contributed by atoms with Crippen LogP contribution in [0.4, 0.5) is 0 Å². The maximum atomic E-state index is 13.3. The summed E-state index contributed by atoms with van der Waals surface area (Å²) in [5.74, 6) is -0.00892. The monoisotopic (exact) mass is 377 g/mol. The van der Waals surface area contributed by atoms with Crippen molar-refractivity contribution in [2.75, 3.05) is 26.2 Å². The van der Waals surface area contributed by atoms with Crippen molar-refractivity contribution in [1.82, 2.24) is 4.90 Å². The first-order chi connectivity index (χ1) is 13.7. The predicted molar refractivity (Wildman–Crippen MR) is 109 cm³/mol. The fourth-order valence-corrected chi connectivity index (χ4v) is 4.06. The number of likely N-dealkylation sites (N-methyl/N-ethyl adjacent to an activating group) is 1. The molecule has 3 aromatic rings. The summed E-state index contributed by atoms with van der Waals surface area (Å²) in [6.45, 7) is 7.71. The number of carbonyl (C=O) groups excluding carboxylic acids is 1. The molecule has 0 saturated heterocycles. The Morgan fingerprint density at radius 1 is 0.964 bits per heavy atom. The van der Waals surface area contributed by atoms with Crippen LogP contribution < -0.4 is 10.3 Å². The Hall–Kier alpha value is -2.92. The van der Waals surface area contributed by atoms with Crippen molar-refractivity contribution in [3.8, 4) is 0 Å². The Morgan fingerprint density at radius 2 is 1.64 bits per heavy atom. The standard InChI is InChI=1S/C23H24N2O3/c1-3-24(4-2)14-15-25-20(16-10-6-5-7-11-16)19-21(26)17-12-8-9-13-18(17)28-22(19)23(25)27/h5-13,20H,3-4,14-15H2,1-2H3/p+1/t20-/m0/s1. The average Bonchev–Trinajstić information content (AvgIpc) is 3.02. The van der Waals surface area contributed by atoms with Crippen molar-refractivity contribution in [2.45, 2.75) is 19.9 Å². The summed E-state index contributed by atoms with van der Waals surface area (Å²) in [7, 11) is 0. The van der Waals surface area contributed by atoms with E-state index in [2.05, 4.69) is 13.8 Å². The van der Waals surface area contributed by atoms with E-state index in [-0.39, 0.29) is 17.1 Å². The second-order valence-corrected chi connectivity index (χ2v) is 7.19. The van der Waals surface area contributed by atoms with Crippen LogP contribution >= 0.6 is 0 Å². The van der Waals surface area contributed by atoms with Crippen molar-refractivity contribution >= 4 is 16.9 Å². The van der Waals surface area contributed by atoms with E-state index in [1.165, 1.54) is 4.90 Å². The van der Waals surface area contributed by atoms with Crippen LogP contribution in [0.15, 0.2) is 63.8 Å². The van der Waals surface area contributed by atoms with Gasteiger partial charge < -0.3 is 14.2 Å². The summed E-state index contributed by atoms with van der Waals surface area (Å²) >= 11 is 0. The Balaban J connectivity index is 1.85. The molecule has 28 heavy (non-hydrogen) atoms. The summed E-state index contributed by atoms with van der Waals surface area (Å²) in [6.07, 6.45) is 0. The molecule has 4 rings (SSSR count). The van der Waals surface area contributed by atoms with Gasteiger partial charge in [0.25, 0.3) is 5.91 Å². The number of fused-ring (bicyclic) bond motifs is 2. The zero-order chi connectivity index (χ0) is 19.7. The highest BCUT2D eigenvalue weighted by Crippen LogP contribution is 2.37. The van der Waals surface area contributed by atoms with E-state index in [4.69, 9.17) is 4.42 Å². The number of quaternary nitrogens is 1. The van der Waals surface area contributed by atoms with Crippen LogP contribution in [0.5, 0.6) is 0 Å². The van der Waals surface area contributed by atoms with Crippen LogP contribution in [0.25, 0.3) is 11.0 Å². The lowest BCUT2D eigenvalue weighted by atomic mass is 9.98. The van der Waals surface area contributed by atoms with E-state index in [0.717, 1.165) is 25.2 Å². The van der Waals surface area contributed by atoms with Gasteiger partial charge in [0.05, 0.1) is 43.2 Å². The maximum absolute atomic E-state index is 13.3. The zero-order valence-electron chi connectivity index (χ0n) is 16.3. The minimum atomic E-state index is -0.403. The van der Waals surface area contributed by atoms with Gasteiger partial charge in [-0.25, -0.2) is 0 Å². The molecule has 0 spiro atoms. The molecule has 5 nitrogen and oxygen atoms in total. The van der Waals surface area contributed by atoms with Crippen molar-refractivity contribution in [1.29, 1.82) is 0 Å². The molecule has 0 unspecified atom stereocenters. The molecule has 2 aromatic carbocycles. The third kappa shape index (κ3) is 3.02. The van der Waals surface area contributed by atoms with Crippen LogP contribution in [0, 0.1) is 0 Å². The number of rotatable bonds is 6. The molecule has 1 amide bonds. The molecule has 1 N–H and O–H groups in total. The molecule has 144 valence electrons. The molecule has 2 heterocycles. The largest absolute Gasteiger partial charge is 0.450 e. The summed E-state index contributed by atoms with van der Waals surface area (Å²) in [5.41, 5.74) is 1.75. The van der Waals surface area contributed by atoms with Crippen LogP contribution in [0.2, 0.25) is 0 Å². The van der Waals surface area contributed by atoms with Gasteiger partial charge in [-0.05, 0) is 31.5 Å². The summed E-state index contributed by atoms with van der Waals surface area (Å²) in [5, 5.41) is 0.520. The third-order valence-electron chi connectivity index (χ3n) is 5.69. The first-order valence-corrected chi connectivity index (χ1v) is 9.90. The highest BCUT2D eigenvalue weighted by atomic mass is 16.3. The minimum Gasteiger partial charge on any atom is -0.450 e. The molecule has 5 heteroatoms. The van der Waals surface area contributed by atoms with E-state index >= 15 is 0 Å². The number of hydrogen-bond acceptors (Lipinski definition) is 3. The molecule has 1 aliphatic heterocycles. The Morgan fingerprint density at radius 3 is 2.36 bits per heavy atom. The normalized spacial score (nSPS) is 16.2. The summed E-state index contributed by atoms with van der Waals surface area (Å²) in [6, 6.07) is 16.5. The zero-order valence-corrected chi connectivity index (χ0v) is 16.3. The van der Waals surface area contributed by atoms with E-state index in [0.29, 0.717) is 23.1 Å². The minimum absolute atomic E-state index is 0.114. The predicted octanol–water partition coefficient (Wildman–Crippen LogP) is 2.26. The summed E-state index contributed by atoms with van der Waals surface area (Å²) in [4.78, 5) is 29.8. The van der Waals surface area contributed by atoms with E-state index in [9.17, 15) is 9.59 Å². The molecular weight excluding hydrogens is 352 g/mol. The van der Waals surface area contributed by atoms with Gasteiger partial charge in [-0.15, -0.1) is 0 Å². The summed E-state index contributed by atoms with van der Waals surface area (Å²) < 4.78 is 5.94. The van der Waals surface area contributed by atoms with Crippen molar-refractivity contribution in [3.63, 3.8) is 0 Å². The molecule has 1 aromatic heterocycles.